The average Bonchev–Trinajstić information content (AvgIpc) is 2.61. The maximum Gasteiger partial charge on any atom is 0.276 e. The van der Waals surface area contributed by atoms with E-state index < -0.39 is 5.91 Å². The Balaban J connectivity index is 1.73. The summed E-state index contributed by atoms with van der Waals surface area (Å²) in [4.78, 5) is 23.6. The Hall–Kier alpha value is -2.64. The lowest BCUT2D eigenvalue weighted by molar-refractivity contribution is -0.123. The van der Waals surface area contributed by atoms with E-state index in [0.29, 0.717) is 16.3 Å². The predicted octanol–water partition coefficient (Wildman–Crippen LogP) is 2.36. The van der Waals surface area contributed by atoms with Crippen LogP contribution in [0, 0.1) is 6.92 Å². The second kappa shape index (κ2) is 9.00. The second-order valence-corrected chi connectivity index (χ2v) is 5.84. The molecule has 6 nitrogen and oxygen atoms in total. The van der Waals surface area contributed by atoms with Crippen LogP contribution in [-0.4, -0.2) is 23.5 Å². The van der Waals surface area contributed by atoms with E-state index >= 15 is 0 Å². The Morgan fingerprint density at radius 2 is 1.84 bits per heavy atom. The third-order valence-electron chi connectivity index (χ3n) is 3.08. The molecule has 0 heterocycles. The number of rotatable bonds is 4. The highest BCUT2D eigenvalue weighted by Gasteiger charge is 2.08. The number of carbonyl (C=O) groups is 2. The molecule has 0 aliphatic rings. The molecule has 0 fully saturated rings. The maximum absolute atomic E-state index is 11.9. The van der Waals surface area contributed by atoms with Gasteiger partial charge < -0.3 is 4.74 Å². The molecule has 0 aliphatic carbocycles. The van der Waals surface area contributed by atoms with Crippen LogP contribution in [-0.2, 0) is 4.79 Å². The molecule has 0 atom stereocenters. The van der Waals surface area contributed by atoms with Crippen molar-refractivity contribution in [2.75, 3.05) is 6.61 Å². The van der Waals surface area contributed by atoms with E-state index in [1.165, 1.54) is 0 Å². The van der Waals surface area contributed by atoms with E-state index in [1.54, 1.807) is 48.5 Å². The fraction of sp³-hybridized carbons (Fsp3) is 0.118. The lowest BCUT2D eigenvalue weighted by atomic mass is 10.2. The van der Waals surface area contributed by atoms with Crippen molar-refractivity contribution in [2.24, 2.45) is 0 Å². The number of hydrogen-bond donors (Lipinski definition) is 3. The van der Waals surface area contributed by atoms with Gasteiger partial charge in [0.25, 0.3) is 11.8 Å². The molecule has 0 bridgehead atoms. The number of ether oxygens (including phenoxy) is 1. The van der Waals surface area contributed by atoms with Gasteiger partial charge in [-0.15, -0.1) is 0 Å². The van der Waals surface area contributed by atoms with Gasteiger partial charge in [0.1, 0.15) is 5.75 Å². The lowest BCUT2D eigenvalue weighted by Gasteiger charge is -2.11. The third-order valence-corrected chi connectivity index (χ3v) is 3.71. The summed E-state index contributed by atoms with van der Waals surface area (Å²) in [5.74, 6) is -0.304. The smallest absolute Gasteiger partial charge is 0.276 e. The third kappa shape index (κ3) is 6.06. The van der Waals surface area contributed by atoms with E-state index in [9.17, 15) is 9.59 Å². The molecule has 2 rings (SSSR count). The molecule has 0 saturated carbocycles. The van der Waals surface area contributed by atoms with Crippen LogP contribution < -0.4 is 20.9 Å². The van der Waals surface area contributed by atoms with E-state index in [2.05, 4.69) is 16.2 Å². The largest absolute Gasteiger partial charge is 0.484 e. The highest BCUT2D eigenvalue weighted by Crippen LogP contribution is 2.20. The number of halogens is 1. The van der Waals surface area contributed by atoms with Crippen LogP contribution >= 0.6 is 23.8 Å². The molecule has 8 heteroatoms. The Morgan fingerprint density at radius 1 is 1.12 bits per heavy atom. The summed E-state index contributed by atoms with van der Waals surface area (Å²) in [6.07, 6.45) is 0. The Kier molecular flexibility index (Phi) is 6.73. The minimum absolute atomic E-state index is 0.0236. The highest BCUT2D eigenvalue weighted by molar-refractivity contribution is 7.80. The van der Waals surface area contributed by atoms with Crippen molar-refractivity contribution in [3.63, 3.8) is 0 Å². The SMILES string of the molecule is Cc1cc(OCC(=O)NNC(=S)NC(=O)c2ccccc2)ccc1Cl. The highest BCUT2D eigenvalue weighted by atomic mass is 35.5. The summed E-state index contributed by atoms with van der Waals surface area (Å²) in [5, 5.41) is 3.05. The zero-order valence-electron chi connectivity index (χ0n) is 13.3. The maximum atomic E-state index is 11.9. The molecule has 2 aromatic rings. The average molecular weight is 378 g/mol. The zero-order chi connectivity index (χ0) is 18.2. The number of carbonyl (C=O) groups excluding carboxylic acids is 2. The van der Waals surface area contributed by atoms with Crippen molar-refractivity contribution in [3.05, 3.63) is 64.7 Å². The van der Waals surface area contributed by atoms with Gasteiger partial charge >= 0.3 is 0 Å². The number of nitrogens with one attached hydrogen (secondary N) is 3. The van der Waals surface area contributed by atoms with Crippen molar-refractivity contribution >= 4 is 40.7 Å². The van der Waals surface area contributed by atoms with Crippen LogP contribution in [0.2, 0.25) is 5.02 Å². The molecular weight excluding hydrogens is 362 g/mol. The first-order valence-corrected chi connectivity index (χ1v) is 8.08. The quantitative estimate of drug-likeness (QED) is 0.563. The Bertz CT molecular complexity index is 784. The van der Waals surface area contributed by atoms with Gasteiger partial charge in [0.05, 0.1) is 0 Å². The van der Waals surface area contributed by atoms with Gasteiger partial charge in [-0.3, -0.25) is 25.8 Å². The molecule has 3 N–H and O–H groups in total. The van der Waals surface area contributed by atoms with E-state index in [1.807, 2.05) is 6.92 Å². The molecule has 2 amide bonds. The van der Waals surface area contributed by atoms with Gasteiger partial charge in [-0.25, -0.2) is 0 Å². The fourth-order valence-electron chi connectivity index (χ4n) is 1.81. The standard InChI is InChI=1S/C17H16ClN3O3S/c1-11-9-13(7-8-14(11)18)24-10-15(22)20-21-17(25)19-16(23)12-5-3-2-4-6-12/h2-9H,10H2,1H3,(H,20,22)(H2,19,21,23,25). The van der Waals surface area contributed by atoms with Gasteiger partial charge in [-0.2, -0.15) is 0 Å². The topological polar surface area (TPSA) is 79.5 Å². The summed E-state index contributed by atoms with van der Waals surface area (Å²) >= 11 is 10.9. The molecule has 130 valence electrons. The van der Waals surface area contributed by atoms with E-state index in [4.69, 9.17) is 28.6 Å². The van der Waals surface area contributed by atoms with Crippen LogP contribution in [0.4, 0.5) is 0 Å². The molecule has 0 unspecified atom stereocenters. The van der Waals surface area contributed by atoms with Gasteiger partial charge in [-0.05, 0) is 55.0 Å². The lowest BCUT2D eigenvalue weighted by Crippen LogP contribution is -2.49. The zero-order valence-corrected chi connectivity index (χ0v) is 14.9. The Labute approximate surface area is 155 Å². The summed E-state index contributed by atoms with van der Waals surface area (Å²) in [6, 6.07) is 13.7. The first-order chi connectivity index (χ1) is 12.0. The van der Waals surface area contributed by atoms with Crippen LogP contribution in [0.3, 0.4) is 0 Å². The molecule has 0 saturated heterocycles. The number of amides is 2. The number of hydrazine groups is 1. The monoisotopic (exact) mass is 377 g/mol. The van der Waals surface area contributed by atoms with Crippen LogP contribution in [0.15, 0.2) is 48.5 Å². The van der Waals surface area contributed by atoms with Crippen molar-refractivity contribution < 1.29 is 14.3 Å². The van der Waals surface area contributed by atoms with Crippen molar-refractivity contribution in [1.29, 1.82) is 0 Å². The molecule has 0 spiro atoms. The van der Waals surface area contributed by atoms with E-state index in [-0.39, 0.29) is 17.6 Å². The Morgan fingerprint density at radius 3 is 2.52 bits per heavy atom. The van der Waals surface area contributed by atoms with Crippen molar-refractivity contribution in [2.45, 2.75) is 6.92 Å². The molecule has 2 aromatic carbocycles. The van der Waals surface area contributed by atoms with Crippen LogP contribution in [0.5, 0.6) is 5.75 Å². The molecule has 0 aromatic heterocycles. The fourth-order valence-corrected chi connectivity index (χ4v) is 2.08. The molecule has 0 aliphatic heterocycles. The number of hydrogen-bond acceptors (Lipinski definition) is 4. The normalized spacial score (nSPS) is 9.84. The van der Waals surface area contributed by atoms with Gasteiger partial charge in [0.15, 0.2) is 11.7 Å². The van der Waals surface area contributed by atoms with Gasteiger partial charge in [0.2, 0.25) is 0 Å². The summed E-state index contributed by atoms with van der Waals surface area (Å²) in [7, 11) is 0. The van der Waals surface area contributed by atoms with Crippen LogP contribution in [0.25, 0.3) is 0 Å². The van der Waals surface area contributed by atoms with Crippen LogP contribution in [0.1, 0.15) is 15.9 Å². The molecule has 0 radical (unpaired) electrons. The van der Waals surface area contributed by atoms with Crippen molar-refractivity contribution in [1.82, 2.24) is 16.2 Å². The van der Waals surface area contributed by atoms with Crippen molar-refractivity contribution in [3.8, 4) is 5.75 Å². The summed E-state index contributed by atoms with van der Waals surface area (Å²) in [6.45, 7) is 1.62. The number of benzene rings is 2. The molecular formula is C17H16ClN3O3S. The van der Waals surface area contributed by atoms with E-state index in [0.717, 1.165) is 5.56 Å². The summed E-state index contributed by atoms with van der Waals surface area (Å²) in [5.41, 5.74) is 6.09. The number of thiocarbonyl (C=S) groups is 1. The summed E-state index contributed by atoms with van der Waals surface area (Å²) < 4.78 is 5.35. The molecule has 25 heavy (non-hydrogen) atoms. The second-order valence-electron chi connectivity index (χ2n) is 5.02. The minimum atomic E-state index is -0.455. The predicted molar refractivity (Wildman–Crippen MR) is 99.5 cm³/mol. The first kappa shape index (κ1) is 18.7. The van der Waals surface area contributed by atoms with Gasteiger partial charge in [0, 0.05) is 10.6 Å². The van der Waals surface area contributed by atoms with Gasteiger partial charge in [-0.1, -0.05) is 29.8 Å². The number of aryl methyl sites for hydroxylation is 1. The minimum Gasteiger partial charge on any atom is -0.484 e. The first-order valence-electron chi connectivity index (χ1n) is 7.30.